The predicted octanol–water partition coefficient (Wildman–Crippen LogP) is 5.03. The second-order valence-electron chi connectivity index (χ2n) is 6.91. The number of hydrogen-bond donors (Lipinski definition) is 2. The van der Waals surface area contributed by atoms with E-state index in [-0.39, 0.29) is 28.2 Å². The van der Waals surface area contributed by atoms with E-state index >= 15 is 0 Å². The average molecular weight is 459 g/mol. The Morgan fingerprint density at radius 3 is 2.42 bits per heavy atom. The fourth-order valence-electron chi connectivity index (χ4n) is 2.88. The molecule has 8 heteroatoms. The molecule has 0 radical (unpaired) electrons. The van der Waals surface area contributed by atoms with Gasteiger partial charge in [-0.1, -0.05) is 54.4 Å². The zero-order valence-corrected chi connectivity index (χ0v) is 18.8. The van der Waals surface area contributed by atoms with Crippen molar-refractivity contribution in [2.24, 2.45) is 0 Å². The van der Waals surface area contributed by atoms with E-state index in [0.717, 1.165) is 23.2 Å². The Hall–Kier alpha value is -3.03. The highest BCUT2D eigenvalue weighted by atomic mass is 35.5. The van der Waals surface area contributed by atoms with Gasteiger partial charge in [-0.25, -0.2) is 8.42 Å². The van der Waals surface area contributed by atoms with Crippen LogP contribution in [-0.2, 0) is 21.2 Å². The Labute approximate surface area is 187 Å². The third-order valence-corrected chi connectivity index (χ3v) is 6.22. The smallest absolute Gasteiger partial charge is 0.262 e. The van der Waals surface area contributed by atoms with Crippen molar-refractivity contribution in [1.29, 1.82) is 0 Å². The number of nitrogens with one attached hydrogen (secondary N) is 2. The summed E-state index contributed by atoms with van der Waals surface area (Å²) >= 11 is 6.20. The fourth-order valence-corrected chi connectivity index (χ4v) is 4.27. The van der Waals surface area contributed by atoms with Gasteiger partial charge in [-0.2, -0.15) is 0 Å². The van der Waals surface area contributed by atoms with Gasteiger partial charge in [-0.15, -0.1) is 0 Å². The van der Waals surface area contributed by atoms with Gasteiger partial charge in [0.25, 0.3) is 15.9 Å². The number of carbonyl (C=O) groups is 1. The standard InChI is InChI=1S/C23H23ClN2O4S/c1-3-17-6-4-5-7-21(17)25-23(27)15-30-22-13-12-19(14-20(22)24)31(28,29)26-18-10-8-16(2)9-11-18/h4-14,26H,3,15H2,1-2H3,(H,25,27). The lowest BCUT2D eigenvalue weighted by molar-refractivity contribution is -0.118. The summed E-state index contributed by atoms with van der Waals surface area (Å²) in [7, 11) is -3.81. The molecule has 0 aliphatic rings. The molecular weight excluding hydrogens is 436 g/mol. The van der Waals surface area contributed by atoms with Gasteiger partial charge in [-0.05, 0) is 55.3 Å². The van der Waals surface area contributed by atoms with E-state index in [1.807, 2.05) is 50.2 Å². The molecule has 0 aromatic heterocycles. The molecule has 0 aliphatic heterocycles. The zero-order chi connectivity index (χ0) is 22.4. The molecule has 162 valence electrons. The molecule has 0 aliphatic carbocycles. The average Bonchev–Trinajstić information content (AvgIpc) is 2.74. The number of hydrogen-bond acceptors (Lipinski definition) is 4. The number of rotatable bonds is 8. The van der Waals surface area contributed by atoms with Crippen LogP contribution in [0.25, 0.3) is 0 Å². The maximum absolute atomic E-state index is 12.6. The Balaban J connectivity index is 1.65. The first-order valence-corrected chi connectivity index (χ1v) is 11.5. The predicted molar refractivity (Wildman–Crippen MR) is 123 cm³/mol. The summed E-state index contributed by atoms with van der Waals surface area (Å²) in [5.74, 6) is -0.121. The first-order chi connectivity index (χ1) is 14.8. The van der Waals surface area contributed by atoms with Crippen LogP contribution >= 0.6 is 11.6 Å². The van der Waals surface area contributed by atoms with Crippen molar-refractivity contribution in [2.75, 3.05) is 16.6 Å². The topological polar surface area (TPSA) is 84.5 Å². The van der Waals surface area contributed by atoms with E-state index in [9.17, 15) is 13.2 Å². The van der Waals surface area contributed by atoms with Crippen molar-refractivity contribution in [3.8, 4) is 5.75 Å². The minimum absolute atomic E-state index is 0.00764. The van der Waals surface area contributed by atoms with Gasteiger partial charge in [0.2, 0.25) is 0 Å². The van der Waals surface area contributed by atoms with Crippen molar-refractivity contribution in [3.05, 3.63) is 82.9 Å². The highest BCUT2D eigenvalue weighted by Crippen LogP contribution is 2.28. The van der Waals surface area contributed by atoms with Crippen LogP contribution in [0.2, 0.25) is 5.02 Å². The summed E-state index contributed by atoms with van der Waals surface area (Å²) in [4.78, 5) is 12.2. The number of benzene rings is 3. The summed E-state index contributed by atoms with van der Waals surface area (Å²) in [6.07, 6.45) is 0.787. The lowest BCUT2D eigenvalue weighted by Crippen LogP contribution is -2.21. The molecule has 0 atom stereocenters. The second-order valence-corrected chi connectivity index (χ2v) is 9.00. The molecule has 3 aromatic rings. The summed E-state index contributed by atoms with van der Waals surface area (Å²) in [5, 5.41) is 2.90. The number of anilines is 2. The molecule has 0 bridgehead atoms. The maximum Gasteiger partial charge on any atom is 0.262 e. The minimum Gasteiger partial charge on any atom is -0.482 e. The Kier molecular flexibility index (Phi) is 7.20. The Bertz CT molecular complexity index is 1180. The summed E-state index contributed by atoms with van der Waals surface area (Å²) < 4.78 is 33.2. The van der Waals surface area contributed by atoms with Crippen LogP contribution in [0.4, 0.5) is 11.4 Å². The number of para-hydroxylation sites is 1. The quantitative estimate of drug-likeness (QED) is 0.495. The monoisotopic (exact) mass is 458 g/mol. The van der Waals surface area contributed by atoms with E-state index in [0.29, 0.717) is 5.69 Å². The largest absolute Gasteiger partial charge is 0.482 e. The van der Waals surface area contributed by atoms with Gasteiger partial charge in [0, 0.05) is 11.4 Å². The number of ether oxygens (including phenoxy) is 1. The summed E-state index contributed by atoms with van der Waals surface area (Å²) in [6.45, 7) is 3.66. The third-order valence-electron chi connectivity index (χ3n) is 4.55. The molecule has 6 nitrogen and oxygen atoms in total. The van der Waals surface area contributed by atoms with Crippen LogP contribution in [0.1, 0.15) is 18.1 Å². The molecule has 0 saturated carbocycles. The van der Waals surface area contributed by atoms with E-state index in [4.69, 9.17) is 16.3 Å². The minimum atomic E-state index is -3.81. The first-order valence-electron chi connectivity index (χ1n) is 9.68. The highest BCUT2D eigenvalue weighted by Gasteiger charge is 2.17. The van der Waals surface area contributed by atoms with Gasteiger partial charge in [0.05, 0.1) is 9.92 Å². The molecule has 3 rings (SSSR count). The van der Waals surface area contributed by atoms with Crippen LogP contribution in [0.3, 0.4) is 0 Å². The Morgan fingerprint density at radius 2 is 1.74 bits per heavy atom. The molecule has 0 heterocycles. The molecule has 3 aromatic carbocycles. The van der Waals surface area contributed by atoms with Crippen molar-refractivity contribution in [1.82, 2.24) is 0 Å². The highest BCUT2D eigenvalue weighted by molar-refractivity contribution is 7.92. The molecule has 1 amide bonds. The van der Waals surface area contributed by atoms with Gasteiger partial charge in [0.15, 0.2) is 6.61 Å². The third kappa shape index (κ3) is 5.99. The van der Waals surface area contributed by atoms with E-state index < -0.39 is 10.0 Å². The second kappa shape index (κ2) is 9.85. The number of sulfonamides is 1. The fraction of sp³-hybridized carbons (Fsp3) is 0.174. The zero-order valence-electron chi connectivity index (χ0n) is 17.2. The summed E-state index contributed by atoms with van der Waals surface area (Å²) in [5.41, 5.74) is 3.22. The number of halogens is 1. The van der Waals surface area contributed by atoms with Gasteiger partial charge < -0.3 is 10.1 Å². The Morgan fingerprint density at radius 1 is 1.03 bits per heavy atom. The van der Waals surface area contributed by atoms with Crippen LogP contribution in [0, 0.1) is 6.92 Å². The molecule has 0 unspecified atom stereocenters. The lowest BCUT2D eigenvalue weighted by atomic mass is 10.1. The lowest BCUT2D eigenvalue weighted by Gasteiger charge is -2.12. The van der Waals surface area contributed by atoms with Crippen LogP contribution in [0.15, 0.2) is 71.6 Å². The van der Waals surface area contributed by atoms with Gasteiger partial charge >= 0.3 is 0 Å². The molecule has 0 saturated heterocycles. The van der Waals surface area contributed by atoms with Gasteiger partial charge in [0.1, 0.15) is 5.75 Å². The molecule has 31 heavy (non-hydrogen) atoms. The number of aryl methyl sites for hydroxylation is 2. The molecule has 0 spiro atoms. The number of carbonyl (C=O) groups excluding carboxylic acids is 1. The van der Waals surface area contributed by atoms with Crippen molar-refractivity contribution >= 4 is 38.9 Å². The van der Waals surface area contributed by atoms with Crippen molar-refractivity contribution < 1.29 is 17.9 Å². The van der Waals surface area contributed by atoms with Crippen LogP contribution in [-0.4, -0.2) is 20.9 Å². The maximum atomic E-state index is 12.6. The molecule has 2 N–H and O–H groups in total. The normalized spacial score (nSPS) is 11.1. The number of amides is 1. The SMILES string of the molecule is CCc1ccccc1NC(=O)COc1ccc(S(=O)(=O)Nc2ccc(C)cc2)cc1Cl. The van der Waals surface area contributed by atoms with Crippen molar-refractivity contribution in [2.45, 2.75) is 25.2 Å². The van der Waals surface area contributed by atoms with E-state index in [2.05, 4.69) is 10.0 Å². The van der Waals surface area contributed by atoms with E-state index in [1.165, 1.54) is 18.2 Å². The summed E-state index contributed by atoms with van der Waals surface area (Å²) in [6, 6.07) is 18.6. The van der Waals surface area contributed by atoms with Crippen LogP contribution in [0.5, 0.6) is 5.75 Å². The molecular formula is C23H23ClN2O4S. The van der Waals surface area contributed by atoms with E-state index in [1.54, 1.807) is 12.1 Å². The first kappa shape index (κ1) is 22.7. The van der Waals surface area contributed by atoms with Crippen molar-refractivity contribution in [3.63, 3.8) is 0 Å². The van der Waals surface area contributed by atoms with Gasteiger partial charge in [-0.3, -0.25) is 9.52 Å². The van der Waals surface area contributed by atoms with Crippen LogP contribution < -0.4 is 14.8 Å². The molecule has 0 fully saturated rings.